The van der Waals surface area contributed by atoms with Crippen LogP contribution in [-0.2, 0) is 0 Å². The molecule has 6 heteroatoms. The van der Waals surface area contributed by atoms with E-state index in [1.807, 2.05) is 17.4 Å². The number of benzene rings is 1. The molecule has 0 N–H and O–H groups in total. The average molecular weight is 536 g/mol. The summed E-state index contributed by atoms with van der Waals surface area (Å²) in [6.45, 7) is 23.2. The van der Waals surface area contributed by atoms with Crippen LogP contribution in [0.3, 0.4) is 0 Å². The fourth-order valence-corrected chi connectivity index (χ4v) is 6.80. The molecule has 1 saturated heterocycles. The van der Waals surface area contributed by atoms with Gasteiger partial charge in [0.15, 0.2) is 0 Å². The van der Waals surface area contributed by atoms with Crippen molar-refractivity contribution in [1.82, 2.24) is 9.80 Å². The number of rotatable bonds is 7. The smallest absolute Gasteiger partial charge is 0.250 e. The molecule has 1 aliphatic heterocycles. The molecule has 2 heterocycles. The second kappa shape index (κ2) is 10.1. The number of thiophene rings is 1. The van der Waals surface area contributed by atoms with Gasteiger partial charge in [0.25, 0.3) is 0 Å². The predicted octanol–water partition coefficient (Wildman–Crippen LogP) is 7.56. The zero-order valence-corrected chi connectivity index (χ0v) is 24.1. The third-order valence-electron chi connectivity index (χ3n) is 7.07. The highest BCUT2D eigenvalue weighted by Crippen LogP contribution is 2.41. The van der Waals surface area contributed by atoms with E-state index in [1.165, 1.54) is 10.4 Å². The lowest BCUT2D eigenvalue weighted by molar-refractivity contribution is 0.0315. The van der Waals surface area contributed by atoms with E-state index in [0.29, 0.717) is 12.1 Å². The lowest BCUT2D eigenvalue weighted by Gasteiger charge is -2.47. The second-order valence-electron chi connectivity index (χ2n) is 10.6. The molecule has 176 valence electrons. The van der Waals surface area contributed by atoms with Crippen molar-refractivity contribution in [3.63, 3.8) is 0 Å². The van der Waals surface area contributed by atoms with Crippen molar-refractivity contribution in [3.8, 4) is 5.75 Å². The summed E-state index contributed by atoms with van der Waals surface area (Å²) in [7, 11) is -1.90. The topological polar surface area (TPSA) is 15.7 Å². The quantitative estimate of drug-likeness (QED) is 0.269. The molecule has 3 atom stereocenters. The van der Waals surface area contributed by atoms with Crippen LogP contribution in [0.4, 0.5) is 0 Å². The fraction of sp³-hybridized carbons (Fsp3) is 0.538. The van der Waals surface area contributed by atoms with Gasteiger partial charge < -0.3 is 4.43 Å². The van der Waals surface area contributed by atoms with Gasteiger partial charge in [-0.25, -0.2) is 0 Å². The minimum atomic E-state index is -1.90. The summed E-state index contributed by atoms with van der Waals surface area (Å²) in [5, 5.41) is 2.37. The Hall–Kier alpha value is -0.923. The Morgan fingerprint density at radius 3 is 2.53 bits per heavy atom. The molecule has 3 rings (SSSR count). The maximum absolute atomic E-state index is 6.68. The maximum atomic E-state index is 6.68. The number of hydrogen-bond donors (Lipinski definition) is 0. The molecule has 0 spiro atoms. The Balaban J connectivity index is 1.97. The van der Waals surface area contributed by atoms with Gasteiger partial charge in [0.05, 0.1) is 6.04 Å². The van der Waals surface area contributed by atoms with E-state index in [0.717, 1.165) is 29.9 Å². The van der Waals surface area contributed by atoms with Crippen molar-refractivity contribution in [2.45, 2.75) is 70.9 Å². The van der Waals surface area contributed by atoms with E-state index in [2.05, 4.69) is 116 Å². The maximum Gasteiger partial charge on any atom is 0.250 e. The van der Waals surface area contributed by atoms with Gasteiger partial charge in [0.1, 0.15) is 5.75 Å². The van der Waals surface area contributed by atoms with Gasteiger partial charge in [0.2, 0.25) is 8.32 Å². The Morgan fingerprint density at radius 2 is 1.94 bits per heavy atom. The molecule has 1 aromatic carbocycles. The number of nitrogens with zero attached hydrogens (tertiary/aromatic N) is 2. The highest BCUT2D eigenvalue weighted by atomic mass is 79.9. The summed E-state index contributed by atoms with van der Waals surface area (Å²) >= 11 is 5.52. The van der Waals surface area contributed by atoms with Crippen molar-refractivity contribution in [2.24, 2.45) is 0 Å². The van der Waals surface area contributed by atoms with Gasteiger partial charge in [-0.1, -0.05) is 39.0 Å². The number of piperazine rings is 1. The molecule has 1 aromatic heterocycles. The van der Waals surface area contributed by atoms with Crippen molar-refractivity contribution in [1.29, 1.82) is 0 Å². The highest BCUT2D eigenvalue weighted by molar-refractivity contribution is 9.10. The van der Waals surface area contributed by atoms with Crippen molar-refractivity contribution in [3.05, 3.63) is 63.3 Å². The molecule has 2 aromatic rings. The molecule has 0 aliphatic carbocycles. The molecule has 0 unspecified atom stereocenters. The van der Waals surface area contributed by atoms with Crippen LogP contribution in [0.15, 0.2) is 52.8 Å². The van der Waals surface area contributed by atoms with Crippen molar-refractivity contribution < 1.29 is 4.43 Å². The van der Waals surface area contributed by atoms with Crippen LogP contribution in [-0.4, -0.2) is 49.8 Å². The minimum absolute atomic E-state index is 0.173. The van der Waals surface area contributed by atoms with Crippen LogP contribution >= 0.6 is 27.3 Å². The van der Waals surface area contributed by atoms with E-state index in [4.69, 9.17) is 4.43 Å². The first kappa shape index (κ1) is 25.7. The van der Waals surface area contributed by atoms with Crippen LogP contribution in [0.5, 0.6) is 5.75 Å². The van der Waals surface area contributed by atoms with E-state index >= 15 is 0 Å². The first-order chi connectivity index (χ1) is 14.9. The van der Waals surface area contributed by atoms with Crippen LogP contribution in [0.25, 0.3) is 0 Å². The Labute approximate surface area is 208 Å². The van der Waals surface area contributed by atoms with E-state index < -0.39 is 8.32 Å². The second-order valence-corrected chi connectivity index (χ2v) is 17.2. The van der Waals surface area contributed by atoms with Crippen LogP contribution < -0.4 is 4.43 Å². The molecule has 3 nitrogen and oxygen atoms in total. The molecule has 0 saturated carbocycles. The molecule has 1 aliphatic rings. The summed E-state index contributed by atoms with van der Waals surface area (Å²) in [6, 6.07) is 12.3. The normalized spacial score (nSPS) is 22.0. The first-order valence-corrected chi connectivity index (χ1v) is 16.1. The van der Waals surface area contributed by atoms with Crippen LogP contribution in [0, 0.1) is 0 Å². The summed E-state index contributed by atoms with van der Waals surface area (Å²) in [4.78, 5) is 6.58. The summed E-state index contributed by atoms with van der Waals surface area (Å²) in [5.74, 6) is 1.00. The molecule has 0 bridgehead atoms. The SMILES string of the molecule is C=CCN1C[C@H](C)N([C@@H](c2cccc(O[Si](C)(C)C(C)(C)C)c2)c2cc(Br)cs2)C[C@H]1C. The third-order valence-corrected chi connectivity index (χ3v) is 13.2. The van der Waals surface area contributed by atoms with Crippen LogP contribution in [0.1, 0.15) is 51.1 Å². The van der Waals surface area contributed by atoms with Gasteiger partial charge in [-0.3, -0.25) is 9.80 Å². The van der Waals surface area contributed by atoms with Gasteiger partial charge in [-0.2, -0.15) is 0 Å². The first-order valence-electron chi connectivity index (χ1n) is 11.6. The van der Waals surface area contributed by atoms with Gasteiger partial charge in [-0.15, -0.1) is 17.9 Å². The average Bonchev–Trinajstić information content (AvgIpc) is 3.11. The lowest BCUT2D eigenvalue weighted by Crippen LogP contribution is -2.57. The summed E-state index contributed by atoms with van der Waals surface area (Å²) in [5.41, 5.74) is 1.31. The van der Waals surface area contributed by atoms with Crippen LogP contribution in [0.2, 0.25) is 18.1 Å². The summed E-state index contributed by atoms with van der Waals surface area (Å²) < 4.78 is 7.83. The van der Waals surface area contributed by atoms with E-state index in [-0.39, 0.29) is 11.1 Å². The Kier molecular flexibility index (Phi) is 8.14. The highest BCUT2D eigenvalue weighted by Gasteiger charge is 2.39. The molecular weight excluding hydrogens is 496 g/mol. The van der Waals surface area contributed by atoms with E-state index in [9.17, 15) is 0 Å². The van der Waals surface area contributed by atoms with Gasteiger partial charge >= 0.3 is 0 Å². The molecule has 0 amide bonds. The molecular formula is C26H39BrN2OSSi. The number of hydrogen-bond acceptors (Lipinski definition) is 4. The van der Waals surface area contributed by atoms with Gasteiger partial charge in [0, 0.05) is 46.4 Å². The van der Waals surface area contributed by atoms with Crippen molar-refractivity contribution in [2.75, 3.05) is 19.6 Å². The van der Waals surface area contributed by atoms with Crippen molar-refractivity contribution >= 4 is 35.6 Å². The standard InChI is InChI=1S/C26H39BrN2OSSi/c1-9-13-28-16-20(3)29(17-19(28)2)25(24-15-22(27)18-31-24)21-11-10-12-23(14-21)30-32(7,8)26(4,5)6/h9-12,14-15,18-20,25H,1,13,16-17H2,2-8H3/t19-,20+,25+/m1/s1. The number of halogens is 1. The molecule has 1 fully saturated rings. The predicted molar refractivity (Wildman–Crippen MR) is 146 cm³/mol. The molecule has 32 heavy (non-hydrogen) atoms. The van der Waals surface area contributed by atoms with E-state index in [1.54, 1.807) is 0 Å². The third kappa shape index (κ3) is 5.76. The molecule has 0 radical (unpaired) electrons. The monoisotopic (exact) mass is 534 g/mol. The fourth-order valence-electron chi connectivity index (χ4n) is 4.19. The lowest BCUT2D eigenvalue weighted by atomic mass is 9.98. The Bertz CT molecular complexity index is 923. The largest absolute Gasteiger partial charge is 0.543 e. The zero-order chi connectivity index (χ0) is 23.7. The summed E-state index contributed by atoms with van der Waals surface area (Å²) in [6.07, 6.45) is 2.02. The Morgan fingerprint density at radius 1 is 1.22 bits per heavy atom. The van der Waals surface area contributed by atoms with Gasteiger partial charge in [-0.05, 0) is 71.7 Å². The zero-order valence-electron chi connectivity index (χ0n) is 20.7. The minimum Gasteiger partial charge on any atom is -0.543 e.